The highest BCUT2D eigenvalue weighted by atomic mass is 19.1. The zero-order chi connectivity index (χ0) is 16.2. The molecule has 0 fully saturated rings. The molecule has 0 amide bonds. The number of aliphatic hydroxyl groups excluding tert-OH is 1. The van der Waals surface area contributed by atoms with Gasteiger partial charge in [0.15, 0.2) is 0 Å². The molecule has 118 valence electrons. The molecule has 0 aromatic heterocycles. The molecule has 0 aliphatic carbocycles. The molecule has 0 saturated carbocycles. The summed E-state index contributed by atoms with van der Waals surface area (Å²) < 4.78 is 32.2. The van der Waals surface area contributed by atoms with Crippen LogP contribution in [0.4, 0.5) is 8.78 Å². The summed E-state index contributed by atoms with van der Waals surface area (Å²) in [5, 5.41) is 9.99. The second-order valence-corrected chi connectivity index (χ2v) is 5.25. The monoisotopic (exact) mass is 301 g/mol. The van der Waals surface area contributed by atoms with E-state index in [2.05, 4.69) is 0 Å². The summed E-state index contributed by atoms with van der Waals surface area (Å²) >= 11 is 0. The number of likely N-dealkylation sites (N-methyl/N-ethyl adjacent to an activating group) is 1. The second-order valence-electron chi connectivity index (χ2n) is 5.25. The molecule has 0 spiro atoms. The summed E-state index contributed by atoms with van der Waals surface area (Å²) in [6.45, 7) is 4.98. The number of aliphatic hydroxyl groups is 1. The topological polar surface area (TPSA) is 49.8 Å². The van der Waals surface area contributed by atoms with Gasteiger partial charge in [-0.1, -0.05) is 6.07 Å². The van der Waals surface area contributed by atoms with Crippen LogP contribution in [0.1, 0.15) is 32.4 Å². The number of esters is 1. The predicted molar refractivity (Wildman–Crippen MR) is 74.6 cm³/mol. The lowest BCUT2D eigenvalue weighted by Crippen LogP contribution is -2.40. The lowest BCUT2D eigenvalue weighted by Gasteiger charge is -2.26. The molecule has 4 nitrogen and oxygen atoms in total. The third-order valence-corrected chi connectivity index (χ3v) is 3.15. The minimum absolute atomic E-state index is 0.0911. The SMILES string of the molecule is CC(C)OC(=O)C(C)N(C)CC(O)c1c(F)cccc1F. The Morgan fingerprint density at radius 3 is 2.29 bits per heavy atom. The predicted octanol–water partition coefficient (Wildman–Crippen LogP) is 2.27. The number of nitrogens with zero attached hydrogens (tertiary/aromatic N) is 1. The number of rotatable bonds is 6. The van der Waals surface area contributed by atoms with Gasteiger partial charge in [0.2, 0.25) is 0 Å². The number of carbonyl (C=O) groups is 1. The van der Waals surface area contributed by atoms with Crippen molar-refractivity contribution in [1.82, 2.24) is 4.90 Å². The maximum absolute atomic E-state index is 13.6. The lowest BCUT2D eigenvalue weighted by molar-refractivity contribution is -0.153. The van der Waals surface area contributed by atoms with E-state index < -0.39 is 35.3 Å². The Hall–Kier alpha value is -1.53. The maximum atomic E-state index is 13.6. The molecule has 0 heterocycles. The van der Waals surface area contributed by atoms with E-state index >= 15 is 0 Å². The summed E-state index contributed by atoms with van der Waals surface area (Å²) in [5.41, 5.74) is -0.395. The maximum Gasteiger partial charge on any atom is 0.323 e. The van der Waals surface area contributed by atoms with Gasteiger partial charge in [0.25, 0.3) is 0 Å². The van der Waals surface area contributed by atoms with Crippen molar-refractivity contribution in [3.8, 4) is 0 Å². The van der Waals surface area contributed by atoms with Crippen LogP contribution >= 0.6 is 0 Å². The van der Waals surface area contributed by atoms with Crippen molar-refractivity contribution in [1.29, 1.82) is 0 Å². The van der Waals surface area contributed by atoms with Crippen molar-refractivity contribution >= 4 is 5.97 Å². The van der Waals surface area contributed by atoms with E-state index in [1.165, 1.54) is 11.0 Å². The third kappa shape index (κ3) is 4.75. The molecule has 0 bridgehead atoms. The van der Waals surface area contributed by atoms with Gasteiger partial charge in [-0.2, -0.15) is 0 Å². The third-order valence-electron chi connectivity index (χ3n) is 3.15. The molecule has 1 aromatic rings. The fraction of sp³-hybridized carbons (Fsp3) is 0.533. The van der Waals surface area contributed by atoms with Crippen LogP contribution in [-0.2, 0) is 9.53 Å². The first kappa shape index (κ1) is 17.5. The molecule has 1 N–H and O–H groups in total. The first-order valence-corrected chi connectivity index (χ1v) is 6.76. The second kappa shape index (κ2) is 7.47. The number of hydrogen-bond acceptors (Lipinski definition) is 4. The molecule has 0 aliphatic rings. The highest BCUT2D eigenvalue weighted by Gasteiger charge is 2.25. The molecule has 0 radical (unpaired) electrons. The Morgan fingerprint density at radius 2 is 1.81 bits per heavy atom. The molecule has 21 heavy (non-hydrogen) atoms. The van der Waals surface area contributed by atoms with Crippen molar-refractivity contribution in [3.63, 3.8) is 0 Å². The molecule has 0 saturated heterocycles. The van der Waals surface area contributed by atoms with Crippen LogP contribution in [0, 0.1) is 11.6 Å². The van der Waals surface area contributed by atoms with Gasteiger partial charge in [0.05, 0.1) is 17.8 Å². The van der Waals surface area contributed by atoms with Gasteiger partial charge in [0, 0.05) is 6.54 Å². The average molecular weight is 301 g/mol. The number of carbonyl (C=O) groups excluding carboxylic acids is 1. The average Bonchev–Trinajstić information content (AvgIpc) is 2.36. The smallest absolute Gasteiger partial charge is 0.323 e. The minimum Gasteiger partial charge on any atom is -0.462 e. The minimum atomic E-state index is -1.37. The van der Waals surface area contributed by atoms with Crippen LogP contribution in [0.5, 0.6) is 0 Å². The quantitative estimate of drug-likeness (QED) is 0.819. The van der Waals surface area contributed by atoms with Crippen molar-refractivity contribution in [2.24, 2.45) is 0 Å². The molecule has 6 heteroatoms. The lowest BCUT2D eigenvalue weighted by atomic mass is 10.1. The normalized spacial score (nSPS) is 14.3. The number of benzene rings is 1. The van der Waals surface area contributed by atoms with Crippen molar-refractivity contribution in [2.75, 3.05) is 13.6 Å². The van der Waals surface area contributed by atoms with E-state index in [4.69, 9.17) is 4.74 Å². The summed E-state index contributed by atoms with van der Waals surface area (Å²) in [4.78, 5) is 13.2. The highest BCUT2D eigenvalue weighted by Crippen LogP contribution is 2.21. The molecular formula is C15H21F2NO3. The van der Waals surface area contributed by atoms with Gasteiger partial charge in [-0.25, -0.2) is 8.78 Å². The van der Waals surface area contributed by atoms with Crippen LogP contribution in [-0.4, -0.2) is 41.7 Å². The zero-order valence-corrected chi connectivity index (χ0v) is 12.6. The van der Waals surface area contributed by atoms with Gasteiger partial charge in [-0.15, -0.1) is 0 Å². The molecular weight excluding hydrogens is 280 g/mol. The Morgan fingerprint density at radius 1 is 1.29 bits per heavy atom. The Labute approximate surface area is 123 Å². The van der Waals surface area contributed by atoms with Crippen LogP contribution in [0.25, 0.3) is 0 Å². The van der Waals surface area contributed by atoms with Gasteiger partial charge in [-0.05, 0) is 40.0 Å². The van der Waals surface area contributed by atoms with Gasteiger partial charge >= 0.3 is 5.97 Å². The van der Waals surface area contributed by atoms with E-state index in [0.717, 1.165) is 12.1 Å². The highest BCUT2D eigenvalue weighted by molar-refractivity contribution is 5.75. The molecule has 0 aliphatic heterocycles. The van der Waals surface area contributed by atoms with Crippen LogP contribution in [0.15, 0.2) is 18.2 Å². The Bertz CT molecular complexity index is 474. The summed E-state index contributed by atoms with van der Waals surface area (Å²) in [7, 11) is 1.58. The van der Waals surface area contributed by atoms with E-state index in [1.807, 2.05) is 0 Å². The molecule has 2 unspecified atom stereocenters. The summed E-state index contributed by atoms with van der Waals surface area (Å²) in [6.07, 6.45) is -1.62. The van der Waals surface area contributed by atoms with Gasteiger partial charge < -0.3 is 9.84 Å². The zero-order valence-electron chi connectivity index (χ0n) is 12.6. The van der Waals surface area contributed by atoms with Crippen LogP contribution < -0.4 is 0 Å². The number of ether oxygens (including phenoxy) is 1. The fourth-order valence-electron chi connectivity index (χ4n) is 1.86. The Balaban J connectivity index is 2.74. The first-order chi connectivity index (χ1) is 9.73. The van der Waals surface area contributed by atoms with Crippen molar-refractivity contribution < 1.29 is 23.4 Å². The van der Waals surface area contributed by atoms with Crippen molar-refractivity contribution in [3.05, 3.63) is 35.4 Å². The van der Waals surface area contributed by atoms with Crippen molar-refractivity contribution in [2.45, 2.75) is 39.0 Å². The standard InChI is InChI=1S/C15H21F2NO3/c1-9(2)21-15(20)10(3)18(4)8-13(19)14-11(16)6-5-7-12(14)17/h5-7,9-10,13,19H,8H2,1-4H3. The van der Waals surface area contributed by atoms with E-state index in [-0.39, 0.29) is 12.6 Å². The molecule has 2 atom stereocenters. The van der Waals surface area contributed by atoms with E-state index in [0.29, 0.717) is 0 Å². The van der Waals surface area contributed by atoms with E-state index in [9.17, 15) is 18.7 Å². The summed E-state index contributed by atoms with van der Waals surface area (Å²) in [5.74, 6) is -2.07. The summed E-state index contributed by atoms with van der Waals surface area (Å²) in [6, 6.07) is 2.76. The first-order valence-electron chi connectivity index (χ1n) is 6.76. The Kier molecular flexibility index (Phi) is 6.23. The van der Waals surface area contributed by atoms with E-state index in [1.54, 1.807) is 27.8 Å². The van der Waals surface area contributed by atoms with Crippen LogP contribution in [0.3, 0.4) is 0 Å². The number of halogens is 2. The number of hydrogen-bond donors (Lipinski definition) is 1. The largest absolute Gasteiger partial charge is 0.462 e. The molecule has 1 rings (SSSR count). The van der Waals surface area contributed by atoms with Gasteiger partial charge in [-0.3, -0.25) is 9.69 Å². The van der Waals surface area contributed by atoms with Crippen LogP contribution in [0.2, 0.25) is 0 Å². The molecule has 1 aromatic carbocycles. The van der Waals surface area contributed by atoms with Gasteiger partial charge in [0.1, 0.15) is 17.7 Å². The fourth-order valence-corrected chi connectivity index (χ4v) is 1.86.